The lowest BCUT2D eigenvalue weighted by molar-refractivity contribution is -0.140. The summed E-state index contributed by atoms with van der Waals surface area (Å²) in [7, 11) is 0. The maximum atomic E-state index is 11.3. The third-order valence-corrected chi connectivity index (χ3v) is 3.88. The van der Waals surface area contributed by atoms with Crippen molar-refractivity contribution in [1.29, 1.82) is 0 Å². The monoisotopic (exact) mass is 270 g/mol. The van der Waals surface area contributed by atoms with Crippen LogP contribution in [-0.4, -0.2) is 36.2 Å². The van der Waals surface area contributed by atoms with Crippen molar-refractivity contribution in [2.45, 2.75) is 76.8 Å². The van der Waals surface area contributed by atoms with E-state index < -0.39 is 5.97 Å². The third-order valence-electron chi connectivity index (χ3n) is 3.88. The minimum atomic E-state index is -0.695. The molecule has 19 heavy (non-hydrogen) atoms. The summed E-state index contributed by atoms with van der Waals surface area (Å²) in [5.41, 5.74) is 0. The Morgan fingerprint density at radius 1 is 1.32 bits per heavy atom. The van der Waals surface area contributed by atoms with E-state index in [4.69, 9.17) is 0 Å². The van der Waals surface area contributed by atoms with Crippen LogP contribution in [0.5, 0.6) is 0 Å². The second-order valence-electron chi connectivity index (χ2n) is 5.66. The number of carboxylic acids is 1. The summed E-state index contributed by atoms with van der Waals surface area (Å²) in [6, 6.07) is -0.0361. The molecule has 0 saturated carbocycles. The van der Waals surface area contributed by atoms with Crippen molar-refractivity contribution in [2.75, 3.05) is 13.1 Å². The van der Waals surface area contributed by atoms with Crippen LogP contribution in [0.25, 0.3) is 0 Å². The predicted molar refractivity (Wildman–Crippen MR) is 78.4 cm³/mol. The number of hydrogen-bond acceptors (Lipinski definition) is 3. The van der Waals surface area contributed by atoms with Crippen molar-refractivity contribution >= 4 is 5.97 Å². The fraction of sp³-hybridized carbons (Fsp3) is 0.933. The normalized spacial score (nSPS) is 21.2. The van der Waals surface area contributed by atoms with Gasteiger partial charge in [-0.3, -0.25) is 4.79 Å². The Balaban J connectivity index is 2.15. The van der Waals surface area contributed by atoms with Crippen LogP contribution < -0.4 is 10.6 Å². The van der Waals surface area contributed by atoms with Crippen LogP contribution in [-0.2, 0) is 4.79 Å². The summed E-state index contributed by atoms with van der Waals surface area (Å²) in [4.78, 5) is 11.3. The van der Waals surface area contributed by atoms with Crippen LogP contribution in [0.4, 0.5) is 0 Å². The van der Waals surface area contributed by atoms with E-state index in [1.807, 2.05) is 0 Å². The molecule has 0 aromatic carbocycles. The number of rotatable bonds is 10. The maximum Gasteiger partial charge on any atom is 0.320 e. The fourth-order valence-electron chi connectivity index (χ4n) is 2.69. The van der Waals surface area contributed by atoms with Crippen molar-refractivity contribution in [3.8, 4) is 0 Å². The Bertz CT molecular complexity index is 240. The van der Waals surface area contributed by atoms with E-state index >= 15 is 0 Å². The Labute approximate surface area is 117 Å². The molecule has 0 radical (unpaired) electrons. The quantitative estimate of drug-likeness (QED) is 0.534. The van der Waals surface area contributed by atoms with Gasteiger partial charge in [0.2, 0.25) is 0 Å². The van der Waals surface area contributed by atoms with Crippen LogP contribution in [0.3, 0.4) is 0 Å². The number of hydrogen-bond donors (Lipinski definition) is 3. The number of unbranched alkanes of at least 4 members (excludes halogenated alkanes) is 5. The molecule has 4 heteroatoms. The average molecular weight is 270 g/mol. The smallest absolute Gasteiger partial charge is 0.320 e. The lowest BCUT2D eigenvalue weighted by Gasteiger charge is -2.27. The van der Waals surface area contributed by atoms with Gasteiger partial charge in [-0.05, 0) is 25.8 Å². The summed E-state index contributed by atoms with van der Waals surface area (Å²) < 4.78 is 0. The highest BCUT2D eigenvalue weighted by Gasteiger charge is 2.22. The third kappa shape index (κ3) is 7.53. The number of aliphatic carboxylic acids is 1. The Morgan fingerprint density at radius 3 is 2.68 bits per heavy atom. The Kier molecular flexibility index (Phi) is 8.84. The zero-order valence-corrected chi connectivity index (χ0v) is 12.3. The number of piperidine rings is 1. The molecule has 1 aliphatic rings. The van der Waals surface area contributed by atoms with E-state index in [1.54, 1.807) is 0 Å². The summed E-state index contributed by atoms with van der Waals surface area (Å²) in [5.74, 6) is -0.695. The topological polar surface area (TPSA) is 61.4 Å². The number of carboxylic acid groups (broad SMARTS) is 1. The molecule has 112 valence electrons. The van der Waals surface area contributed by atoms with Crippen LogP contribution in [0.1, 0.15) is 64.7 Å². The highest BCUT2D eigenvalue weighted by molar-refractivity contribution is 5.73. The van der Waals surface area contributed by atoms with Gasteiger partial charge < -0.3 is 15.7 Å². The van der Waals surface area contributed by atoms with Gasteiger partial charge in [-0.15, -0.1) is 0 Å². The summed E-state index contributed by atoms with van der Waals surface area (Å²) in [5, 5.41) is 15.9. The van der Waals surface area contributed by atoms with Crippen molar-refractivity contribution in [3.05, 3.63) is 0 Å². The lowest BCUT2D eigenvalue weighted by atomic mass is 10.0. The second kappa shape index (κ2) is 10.2. The van der Waals surface area contributed by atoms with Crippen molar-refractivity contribution < 1.29 is 9.90 Å². The summed E-state index contributed by atoms with van der Waals surface area (Å²) in [6.45, 7) is 4.18. The standard InChI is InChI=1S/C15H30N2O2/c1-2-3-4-5-6-7-10-14(15(18)19)17-13-9-8-11-16-12-13/h13-14,16-17H,2-12H2,1H3,(H,18,19)/t13?,14-/m1/s1. The van der Waals surface area contributed by atoms with E-state index in [0.717, 1.165) is 45.2 Å². The van der Waals surface area contributed by atoms with E-state index in [2.05, 4.69) is 17.6 Å². The van der Waals surface area contributed by atoms with Crippen LogP contribution in [0.15, 0.2) is 0 Å². The molecule has 1 unspecified atom stereocenters. The zero-order chi connectivity index (χ0) is 13.9. The van der Waals surface area contributed by atoms with Gasteiger partial charge in [0.15, 0.2) is 0 Å². The molecule has 1 aliphatic heterocycles. The average Bonchev–Trinajstić information content (AvgIpc) is 2.42. The van der Waals surface area contributed by atoms with Crippen LogP contribution in [0, 0.1) is 0 Å². The van der Waals surface area contributed by atoms with Gasteiger partial charge in [-0.25, -0.2) is 0 Å². The Hall–Kier alpha value is -0.610. The molecule has 1 fully saturated rings. The zero-order valence-electron chi connectivity index (χ0n) is 12.3. The summed E-state index contributed by atoms with van der Waals surface area (Å²) >= 11 is 0. The molecular formula is C15H30N2O2. The van der Waals surface area contributed by atoms with E-state index in [0.29, 0.717) is 6.04 Å². The first-order valence-corrected chi connectivity index (χ1v) is 7.93. The summed E-state index contributed by atoms with van der Waals surface area (Å²) in [6.07, 6.45) is 10.3. The molecular weight excluding hydrogens is 240 g/mol. The molecule has 0 aromatic rings. The molecule has 1 saturated heterocycles. The molecule has 2 atom stereocenters. The van der Waals surface area contributed by atoms with E-state index in [1.165, 1.54) is 25.7 Å². The fourth-order valence-corrected chi connectivity index (χ4v) is 2.69. The molecule has 0 amide bonds. The van der Waals surface area contributed by atoms with E-state index in [-0.39, 0.29) is 6.04 Å². The first-order chi connectivity index (χ1) is 9.24. The Morgan fingerprint density at radius 2 is 2.05 bits per heavy atom. The molecule has 0 spiro atoms. The molecule has 1 heterocycles. The minimum Gasteiger partial charge on any atom is -0.480 e. The largest absolute Gasteiger partial charge is 0.480 e. The van der Waals surface area contributed by atoms with Gasteiger partial charge >= 0.3 is 5.97 Å². The van der Waals surface area contributed by atoms with E-state index in [9.17, 15) is 9.90 Å². The highest BCUT2D eigenvalue weighted by Crippen LogP contribution is 2.10. The van der Waals surface area contributed by atoms with Crippen LogP contribution >= 0.6 is 0 Å². The van der Waals surface area contributed by atoms with Crippen molar-refractivity contribution in [2.24, 2.45) is 0 Å². The van der Waals surface area contributed by atoms with Gasteiger partial charge in [-0.1, -0.05) is 45.4 Å². The first kappa shape index (κ1) is 16.4. The molecule has 0 bridgehead atoms. The second-order valence-corrected chi connectivity index (χ2v) is 5.66. The number of carbonyl (C=O) groups is 1. The van der Waals surface area contributed by atoms with Crippen LogP contribution in [0.2, 0.25) is 0 Å². The molecule has 3 N–H and O–H groups in total. The number of nitrogens with one attached hydrogen (secondary N) is 2. The van der Waals surface area contributed by atoms with Gasteiger partial charge in [0.1, 0.15) is 6.04 Å². The molecule has 1 rings (SSSR count). The molecule has 0 aliphatic carbocycles. The first-order valence-electron chi connectivity index (χ1n) is 7.93. The van der Waals surface area contributed by atoms with Crippen molar-refractivity contribution in [1.82, 2.24) is 10.6 Å². The van der Waals surface area contributed by atoms with Crippen molar-refractivity contribution in [3.63, 3.8) is 0 Å². The van der Waals surface area contributed by atoms with Gasteiger partial charge in [0.05, 0.1) is 0 Å². The predicted octanol–water partition coefficient (Wildman–Crippen LogP) is 2.53. The SMILES string of the molecule is CCCCCCCC[C@@H](NC1CCCNC1)C(=O)O. The van der Waals surface area contributed by atoms with Gasteiger partial charge in [0, 0.05) is 12.6 Å². The lowest BCUT2D eigenvalue weighted by Crippen LogP contribution is -2.50. The highest BCUT2D eigenvalue weighted by atomic mass is 16.4. The maximum absolute atomic E-state index is 11.3. The van der Waals surface area contributed by atoms with Gasteiger partial charge in [-0.2, -0.15) is 0 Å². The van der Waals surface area contributed by atoms with Gasteiger partial charge in [0.25, 0.3) is 0 Å². The molecule has 0 aromatic heterocycles. The molecule has 4 nitrogen and oxygen atoms in total. The minimum absolute atomic E-state index is 0.329.